The summed E-state index contributed by atoms with van der Waals surface area (Å²) in [5.74, 6) is 0.322. The van der Waals surface area contributed by atoms with Gasteiger partial charge in [0.05, 0.1) is 12.4 Å². The molecule has 0 aliphatic carbocycles. The van der Waals surface area contributed by atoms with E-state index in [0.29, 0.717) is 5.82 Å². The van der Waals surface area contributed by atoms with Crippen molar-refractivity contribution in [2.45, 2.75) is 27.7 Å². The molecule has 132 valence electrons. The summed E-state index contributed by atoms with van der Waals surface area (Å²) in [5.41, 5.74) is 6.67. The third-order valence-corrected chi connectivity index (χ3v) is 4.12. The van der Waals surface area contributed by atoms with Crippen molar-refractivity contribution in [2.24, 2.45) is 0 Å². The molecule has 0 bridgehead atoms. The van der Waals surface area contributed by atoms with Gasteiger partial charge in [-0.25, -0.2) is 9.97 Å². The second-order valence-corrected chi connectivity index (χ2v) is 6.51. The van der Waals surface area contributed by atoms with Crippen LogP contribution in [-0.2, 0) is 0 Å². The molecule has 1 aromatic heterocycles. The van der Waals surface area contributed by atoms with Crippen LogP contribution in [0, 0.1) is 27.7 Å². The number of nitrogens with one attached hydrogen (secondary N) is 2. The highest BCUT2D eigenvalue weighted by Gasteiger charge is 2.10. The minimum atomic E-state index is -0.282. The van der Waals surface area contributed by atoms with Crippen molar-refractivity contribution < 1.29 is 4.79 Å². The van der Waals surface area contributed by atoms with E-state index < -0.39 is 0 Å². The van der Waals surface area contributed by atoms with Crippen LogP contribution in [0.2, 0.25) is 0 Å². The zero-order chi connectivity index (χ0) is 18.7. The number of carbonyl (C=O) groups excluding carboxylic acids is 1. The van der Waals surface area contributed by atoms with E-state index in [1.165, 1.54) is 11.8 Å². The second kappa shape index (κ2) is 7.35. The van der Waals surface area contributed by atoms with Crippen LogP contribution in [0.15, 0.2) is 48.8 Å². The van der Waals surface area contributed by atoms with Crippen LogP contribution in [0.1, 0.15) is 32.7 Å². The number of carbonyl (C=O) groups is 1. The number of benzene rings is 2. The van der Waals surface area contributed by atoms with Gasteiger partial charge in [0.1, 0.15) is 11.5 Å². The largest absolute Gasteiger partial charge is 0.339 e. The molecule has 0 unspecified atom stereocenters. The van der Waals surface area contributed by atoms with E-state index in [4.69, 9.17) is 0 Å². The second-order valence-electron chi connectivity index (χ2n) is 6.51. The van der Waals surface area contributed by atoms with Crippen molar-refractivity contribution in [3.8, 4) is 0 Å². The number of amides is 1. The van der Waals surface area contributed by atoms with Crippen LogP contribution in [-0.4, -0.2) is 15.9 Å². The van der Waals surface area contributed by atoms with Gasteiger partial charge in [-0.05, 0) is 51.0 Å². The first-order valence-corrected chi connectivity index (χ1v) is 8.47. The molecule has 0 aliphatic heterocycles. The zero-order valence-corrected chi connectivity index (χ0v) is 15.4. The third kappa shape index (κ3) is 4.06. The van der Waals surface area contributed by atoms with Gasteiger partial charge in [-0.2, -0.15) is 0 Å². The van der Waals surface area contributed by atoms with Crippen molar-refractivity contribution in [2.75, 3.05) is 10.6 Å². The average Bonchev–Trinajstić information content (AvgIpc) is 2.60. The van der Waals surface area contributed by atoms with Gasteiger partial charge in [-0.1, -0.05) is 35.4 Å². The van der Waals surface area contributed by atoms with Crippen molar-refractivity contribution in [1.82, 2.24) is 9.97 Å². The lowest BCUT2D eigenvalue weighted by Gasteiger charge is -2.13. The molecule has 0 fully saturated rings. The van der Waals surface area contributed by atoms with E-state index in [9.17, 15) is 4.79 Å². The van der Waals surface area contributed by atoms with Gasteiger partial charge >= 0.3 is 0 Å². The Kier molecular flexibility index (Phi) is 4.98. The molecule has 0 aliphatic rings. The van der Waals surface area contributed by atoms with E-state index in [1.54, 1.807) is 6.20 Å². The Morgan fingerprint density at radius 1 is 0.846 bits per heavy atom. The molecule has 5 heteroatoms. The summed E-state index contributed by atoms with van der Waals surface area (Å²) in [7, 11) is 0. The highest BCUT2D eigenvalue weighted by Crippen LogP contribution is 2.24. The molecule has 0 atom stereocenters. The summed E-state index contributed by atoms with van der Waals surface area (Å²) in [5, 5.41) is 6.10. The molecule has 5 nitrogen and oxygen atoms in total. The topological polar surface area (TPSA) is 66.9 Å². The Morgan fingerprint density at radius 3 is 2.08 bits per heavy atom. The van der Waals surface area contributed by atoms with Crippen LogP contribution in [0.4, 0.5) is 17.2 Å². The predicted molar refractivity (Wildman–Crippen MR) is 105 cm³/mol. The van der Waals surface area contributed by atoms with Crippen LogP contribution >= 0.6 is 0 Å². The van der Waals surface area contributed by atoms with Gasteiger partial charge in [0.15, 0.2) is 0 Å². The highest BCUT2D eigenvalue weighted by atomic mass is 16.1. The van der Waals surface area contributed by atoms with Crippen LogP contribution in [0.3, 0.4) is 0 Å². The van der Waals surface area contributed by atoms with E-state index >= 15 is 0 Å². The molecule has 0 spiro atoms. The van der Waals surface area contributed by atoms with Crippen LogP contribution < -0.4 is 10.6 Å². The molecule has 3 aromatic rings. The van der Waals surface area contributed by atoms with Gasteiger partial charge in [0.2, 0.25) is 0 Å². The van der Waals surface area contributed by atoms with E-state index in [2.05, 4.69) is 53.5 Å². The molecule has 26 heavy (non-hydrogen) atoms. The lowest BCUT2D eigenvalue weighted by Crippen LogP contribution is -2.14. The zero-order valence-electron chi connectivity index (χ0n) is 15.4. The molecular weight excluding hydrogens is 324 g/mol. The third-order valence-electron chi connectivity index (χ3n) is 4.12. The molecule has 0 radical (unpaired) electrons. The number of hydrogen-bond acceptors (Lipinski definition) is 4. The fourth-order valence-electron chi connectivity index (χ4n) is 2.85. The minimum absolute atomic E-state index is 0.272. The summed E-state index contributed by atoms with van der Waals surface area (Å²) in [6, 6.07) is 11.8. The normalized spacial score (nSPS) is 10.5. The lowest BCUT2D eigenvalue weighted by atomic mass is 10.1. The predicted octanol–water partition coefficient (Wildman–Crippen LogP) is 4.71. The van der Waals surface area contributed by atoms with E-state index in [-0.39, 0.29) is 11.6 Å². The van der Waals surface area contributed by atoms with Gasteiger partial charge < -0.3 is 10.6 Å². The molecule has 1 heterocycles. The maximum atomic E-state index is 12.3. The fraction of sp³-hybridized carbons (Fsp3) is 0.190. The first kappa shape index (κ1) is 17.6. The summed E-state index contributed by atoms with van der Waals surface area (Å²) >= 11 is 0. The monoisotopic (exact) mass is 346 g/mol. The minimum Gasteiger partial charge on any atom is -0.339 e. The Hall–Kier alpha value is -3.21. The SMILES string of the molecule is Cc1ccc(NC(=O)c2cnc(Nc3c(C)cc(C)cc3C)cn2)cc1. The first-order valence-electron chi connectivity index (χ1n) is 8.47. The number of hydrogen-bond donors (Lipinski definition) is 2. The molecule has 3 rings (SSSR count). The average molecular weight is 346 g/mol. The number of aromatic nitrogens is 2. The van der Waals surface area contributed by atoms with E-state index in [1.807, 2.05) is 31.2 Å². The smallest absolute Gasteiger partial charge is 0.275 e. The molecule has 2 aromatic carbocycles. The first-order chi connectivity index (χ1) is 12.4. The Morgan fingerprint density at radius 2 is 1.50 bits per heavy atom. The highest BCUT2D eigenvalue weighted by molar-refractivity contribution is 6.02. The number of nitrogens with zero attached hydrogens (tertiary/aromatic N) is 2. The standard InChI is InChI=1S/C21H22N4O/c1-13-5-7-17(8-6-13)24-21(26)18-11-23-19(12-22-18)25-20-15(3)9-14(2)10-16(20)4/h5-12H,1-4H3,(H,23,25)(H,24,26). The summed E-state index contributed by atoms with van der Waals surface area (Å²) in [6.45, 7) is 8.18. The summed E-state index contributed by atoms with van der Waals surface area (Å²) < 4.78 is 0. The summed E-state index contributed by atoms with van der Waals surface area (Å²) in [6.07, 6.45) is 3.05. The quantitative estimate of drug-likeness (QED) is 0.718. The Labute approximate surface area is 153 Å². The van der Waals surface area contributed by atoms with Gasteiger partial charge in [-0.15, -0.1) is 0 Å². The molecule has 0 saturated heterocycles. The molecular formula is C21H22N4O. The Bertz CT molecular complexity index is 908. The maximum Gasteiger partial charge on any atom is 0.275 e. The van der Waals surface area contributed by atoms with Gasteiger partial charge in [-0.3, -0.25) is 4.79 Å². The molecule has 2 N–H and O–H groups in total. The van der Waals surface area contributed by atoms with Crippen molar-refractivity contribution >= 4 is 23.1 Å². The lowest BCUT2D eigenvalue weighted by molar-refractivity contribution is 0.102. The number of rotatable bonds is 4. The Balaban J connectivity index is 1.72. The maximum absolute atomic E-state index is 12.3. The van der Waals surface area contributed by atoms with Crippen LogP contribution in [0.5, 0.6) is 0 Å². The van der Waals surface area contributed by atoms with E-state index in [0.717, 1.165) is 28.1 Å². The van der Waals surface area contributed by atoms with Gasteiger partial charge in [0, 0.05) is 11.4 Å². The summed E-state index contributed by atoms with van der Waals surface area (Å²) in [4.78, 5) is 20.8. The van der Waals surface area contributed by atoms with Crippen molar-refractivity contribution in [3.05, 3.63) is 76.7 Å². The number of anilines is 3. The van der Waals surface area contributed by atoms with Crippen molar-refractivity contribution in [1.29, 1.82) is 0 Å². The van der Waals surface area contributed by atoms with Crippen molar-refractivity contribution in [3.63, 3.8) is 0 Å². The molecule has 1 amide bonds. The number of aryl methyl sites for hydroxylation is 4. The molecule has 0 saturated carbocycles. The van der Waals surface area contributed by atoms with Gasteiger partial charge in [0.25, 0.3) is 5.91 Å². The fourth-order valence-corrected chi connectivity index (χ4v) is 2.85. The van der Waals surface area contributed by atoms with Crippen LogP contribution in [0.25, 0.3) is 0 Å².